The zero-order valence-electron chi connectivity index (χ0n) is 19.0. The number of ether oxygens (including phenoxy) is 1. The Morgan fingerprint density at radius 3 is 2.65 bits per heavy atom. The normalized spacial score (nSPS) is 11.3. The maximum absolute atomic E-state index is 12.7. The average molecular weight is 495 g/mol. The lowest BCUT2D eigenvalue weighted by Gasteiger charge is -2.05. The van der Waals surface area contributed by atoms with Crippen molar-refractivity contribution in [2.75, 3.05) is 6.61 Å². The third-order valence-electron chi connectivity index (χ3n) is 5.36. The van der Waals surface area contributed by atoms with Crippen LogP contribution in [-0.2, 0) is 16.1 Å². The van der Waals surface area contributed by atoms with Crippen molar-refractivity contribution < 1.29 is 14.3 Å². The molecule has 0 saturated carbocycles. The molecule has 174 valence electrons. The SMILES string of the molecule is Cc1nn(Cc2ccccc2)c(Cl)c1/C=C/C(=O)OCC(=O)c1cc(C)n(-c2nccs2)c1C. The van der Waals surface area contributed by atoms with Crippen molar-refractivity contribution in [2.24, 2.45) is 0 Å². The molecule has 9 heteroatoms. The van der Waals surface area contributed by atoms with Crippen LogP contribution in [0.2, 0.25) is 5.15 Å². The van der Waals surface area contributed by atoms with Crippen LogP contribution in [0.25, 0.3) is 11.2 Å². The molecule has 3 aromatic heterocycles. The molecule has 1 aromatic carbocycles. The van der Waals surface area contributed by atoms with Crippen LogP contribution in [0.15, 0.2) is 54.1 Å². The van der Waals surface area contributed by atoms with E-state index in [1.807, 2.05) is 61.1 Å². The number of carbonyl (C=O) groups excluding carboxylic acids is 2. The summed E-state index contributed by atoms with van der Waals surface area (Å²) in [5, 5.41) is 7.55. The molecule has 0 aliphatic heterocycles. The third-order valence-corrected chi connectivity index (χ3v) is 6.51. The lowest BCUT2D eigenvalue weighted by molar-refractivity contribution is -0.136. The molecule has 4 rings (SSSR count). The summed E-state index contributed by atoms with van der Waals surface area (Å²) in [5.41, 5.74) is 4.54. The Bertz CT molecular complexity index is 1350. The van der Waals surface area contributed by atoms with Crippen LogP contribution < -0.4 is 0 Å². The van der Waals surface area contributed by atoms with Gasteiger partial charge < -0.3 is 4.74 Å². The Labute approximate surface area is 206 Å². The van der Waals surface area contributed by atoms with E-state index in [9.17, 15) is 9.59 Å². The van der Waals surface area contributed by atoms with Gasteiger partial charge in [-0.1, -0.05) is 41.9 Å². The second-order valence-electron chi connectivity index (χ2n) is 7.73. The van der Waals surface area contributed by atoms with Gasteiger partial charge >= 0.3 is 5.97 Å². The summed E-state index contributed by atoms with van der Waals surface area (Å²) in [4.78, 5) is 29.3. The maximum atomic E-state index is 12.7. The highest BCUT2D eigenvalue weighted by molar-refractivity contribution is 7.12. The highest BCUT2D eigenvalue weighted by atomic mass is 35.5. The van der Waals surface area contributed by atoms with Crippen molar-refractivity contribution in [1.82, 2.24) is 19.3 Å². The minimum absolute atomic E-state index is 0.275. The maximum Gasteiger partial charge on any atom is 0.331 e. The molecule has 0 N–H and O–H groups in total. The van der Waals surface area contributed by atoms with Gasteiger partial charge in [-0.2, -0.15) is 5.10 Å². The van der Waals surface area contributed by atoms with Gasteiger partial charge in [0, 0.05) is 40.2 Å². The molecule has 0 aliphatic rings. The van der Waals surface area contributed by atoms with Gasteiger partial charge in [0.2, 0.25) is 5.78 Å². The average Bonchev–Trinajstić information content (AvgIpc) is 3.51. The van der Waals surface area contributed by atoms with E-state index in [1.165, 1.54) is 17.4 Å². The van der Waals surface area contributed by atoms with Gasteiger partial charge in [-0.25, -0.2) is 14.5 Å². The number of aryl methyl sites for hydroxylation is 2. The van der Waals surface area contributed by atoms with Gasteiger partial charge in [-0.15, -0.1) is 11.3 Å². The van der Waals surface area contributed by atoms with Crippen molar-refractivity contribution in [1.29, 1.82) is 0 Å². The quantitative estimate of drug-likeness (QED) is 0.191. The molecule has 0 bridgehead atoms. The van der Waals surface area contributed by atoms with Gasteiger partial charge in [0.1, 0.15) is 5.15 Å². The molecule has 0 fully saturated rings. The van der Waals surface area contributed by atoms with Crippen LogP contribution in [0.4, 0.5) is 0 Å². The lowest BCUT2D eigenvalue weighted by atomic mass is 10.1. The van der Waals surface area contributed by atoms with E-state index in [0.717, 1.165) is 22.1 Å². The number of benzene rings is 1. The molecule has 0 atom stereocenters. The number of esters is 1. The highest BCUT2D eigenvalue weighted by Gasteiger charge is 2.19. The molecule has 0 saturated heterocycles. The molecular formula is C25H23ClN4O3S. The van der Waals surface area contributed by atoms with Crippen molar-refractivity contribution in [2.45, 2.75) is 27.3 Å². The number of hydrogen-bond acceptors (Lipinski definition) is 6. The van der Waals surface area contributed by atoms with Crippen molar-refractivity contribution in [3.63, 3.8) is 0 Å². The van der Waals surface area contributed by atoms with Crippen LogP contribution in [0.1, 0.15) is 38.6 Å². The van der Waals surface area contributed by atoms with Crippen LogP contribution in [0.5, 0.6) is 0 Å². The molecule has 0 unspecified atom stereocenters. The zero-order chi connectivity index (χ0) is 24.2. The molecule has 3 heterocycles. The Morgan fingerprint density at radius 2 is 1.94 bits per heavy atom. The molecule has 0 aliphatic carbocycles. The lowest BCUT2D eigenvalue weighted by Crippen LogP contribution is -2.13. The number of thiazole rings is 1. The Balaban J connectivity index is 1.40. The van der Waals surface area contributed by atoms with Crippen LogP contribution >= 0.6 is 22.9 Å². The first-order valence-electron chi connectivity index (χ1n) is 10.6. The predicted molar refractivity (Wildman–Crippen MR) is 133 cm³/mol. The van der Waals surface area contributed by atoms with Crippen molar-refractivity contribution >= 4 is 40.8 Å². The molecule has 7 nitrogen and oxygen atoms in total. The van der Waals surface area contributed by atoms with Crippen molar-refractivity contribution in [3.8, 4) is 5.13 Å². The first-order chi connectivity index (χ1) is 16.3. The topological polar surface area (TPSA) is 79.0 Å². The number of halogens is 1. The first-order valence-corrected chi connectivity index (χ1v) is 11.8. The molecule has 34 heavy (non-hydrogen) atoms. The summed E-state index contributed by atoms with van der Waals surface area (Å²) >= 11 is 7.97. The summed E-state index contributed by atoms with van der Waals surface area (Å²) in [7, 11) is 0. The second kappa shape index (κ2) is 10.2. The van der Waals surface area contributed by atoms with Gasteiger partial charge in [0.25, 0.3) is 0 Å². The van der Waals surface area contributed by atoms with Gasteiger partial charge in [-0.05, 0) is 38.5 Å². The predicted octanol–water partition coefficient (Wildman–Crippen LogP) is 5.20. The molecule has 0 radical (unpaired) electrons. The third kappa shape index (κ3) is 5.03. The standard InChI is InChI=1S/C25H23ClN4O3S/c1-16-13-21(18(3)30(16)25-27-11-12-34-25)22(31)15-33-23(32)10-9-20-17(2)28-29(24(20)26)14-19-7-5-4-6-8-19/h4-13H,14-15H2,1-3H3/b10-9+. The van der Waals surface area contributed by atoms with E-state index in [1.54, 1.807) is 23.0 Å². The Hall–Kier alpha value is -3.49. The van der Waals surface area contributed by atoms with Crippen LogP contribution in [0, 0.1) is 20.8 Å². The number of ketones is 1. The summed E-state index contributed by atoms with van der Waals surface area (Å²) < 4.78 is 8.78. The van der Waals surface area contributed by atoms with Gasteiger partial charge in [0.05, 0.1) is 12.2 Å². The molecule has 0 amide bonds. The second-order valence-corrected chi connectivity index (χ2v) is 8.96. The summed E-state index contributed by atoms with van der Waals surface area (Å²) in [6, 6.07) is 11.6. The monoisotopic (exact) mass is 494 g/mol. The summed E-state index contributed by atoms with van der Waals surface area (Å²) in [6.45, 7) is 5.74. The largest absolute Gasteiger partial charge is 0.454 e. The fraction of sp³-hybridized carbons (Fsp3) is 0.200. The minimum atomic E-state index is -0.631. The number of rotatable bonds is 8. The fourth-order valence-electron chi connectivity index (χ4n) is 3.70. The van der Waals surface area contributed by atoms with E-state index in [4.69, 9.17) is 16.3 Å². The highest BCUT2D eigenvalue weighted by Crippen LogP contribution is 2.24. The Kier molecular flexibility index (Phi) is 7.09. The summed E-state index contributed by atoms with van der Waals surface area (Å²) in [6.07, 6.45) is 4.54. The number of carbonyl (C=O) groups is 2. The van der Waals surface area contributed by atoms with E-state index in [0.29, 0.717) is 28.5 Å². The van der Waals surface area contributed by atoms with Gasteiger partial charge in [0.15, 0.2) is 11.7 Å². The van der Waals surface area contributed by atoms with Gasteiger partial charge in [-0.3, -0.25) is 9.36 Å². The Morgan fingerprint density at radius 1 is 1.18 bits per heavy atom. The molecule has 0 spiro atoms. The van der Waals surface area contributed by atoms with Crippen LogP contribution in [0.3, 0.4) is 0 Å². The fourth-order valence-corrected chi connectivity index (χ4v) is 4.75. The first kappa shape index (κ1) is 23.7. The van der Waals surface area contributed by atoms with Crippen molar-refractivity contribution in [3.05, 3.63) is 93.0 Å². The smallest absolute Gasteiger partial charge is 0.331 e. The summed E-state index contributed by atoms with van der Waals surface area (Å²) in [5.74, 6) is -0.907. The zero-order valence-corrected chi connectivity index (χ0v) is 20.6. The number of aromatic nitrogens is 4. The number of hydrogen-bond donors (Lipinski definition) is 0. The van der Waals surface area contributed by atoms with E-state index >= 15 is 0 Å². The molecular weight excluding hydrogens is 472 g/mol. The number of nitrogens with zero attached hydrogens (tertiary/aromatic N) is 4. The molecule has 4 aromatic rings. The van der Waals surface area contributed by atoms with E-state index in [-0.39, 0.29) is 12.4 Å². The van der Waals surface area contributed by atoms with Crippen LogP contribution in [-0.4, -0.2) is 37.7 Å². The van der Waals surface area contributed by atoms with E-state index < -0.39 is 5.97 Å². The minimum Gasteiger partial charge on any atom is -0.454 e. The number of Topliss-reactive ketones (excluding diaryl/α,β-unsaturated/α-hetero) is 1. The van der Waals surface area contributed by atoms with E-state index in [2.05, 4.69) is 10.1 Å².